The number of rotatable bonds is 6. The zero-order chi connectivity index (χ0) is 20.9. The number of nitrogens with zero attached hydrogens (tertiary/aromatic N) is 3. The Hall–Kier alpha value is -3.32. The van der Waals surface area contributed by atoms with Crippen molar-refractivity contribution in [3.63, 3.8) is 0 Å². The number of carbonyl (C=O) groups excluding carboxylic acids is 1. The Kier molecular flexibility index (Phi) is 5.99. The van der Waals surface area contributed by atoms with Gasteiger partial charge in [-0.3, -0.25) is 14.7 Å². The summed E-state index contributed by atoms with van der Waals surface area (Å²) in [7, 11) is 0. The monoisotopic (exact) mass is 405 g/mol. The topological polar surface area (TPSA) is 70.2 Å². The minimum Gasteiger partial charge on any atom is -0.339 e. The van der Waals surface area contributed by atoms with Crippen molar-refractivity contribution in [1.82, 2.24) is 14.9 Å². The van der Waals surface area contributed by atoms with Crippen LogP contribution in [0.5, 0.6) is 0 Å². The van der Waals surface area contributed by atoms with E-state index in [-0.39, 0.29) is 24.3 Å². The number of aromatic nitrogens is 2. The summed E-state index contributed by atoms with van der Waals surface area (Å²) in [6.07, 6.45) is 5.54. The lowest BCUT2D eigenvalue weighted by Gasteiger charge is -2.23. The number of hydrogen-bond acceptors (Lipinski definition) is 5. The molecule has 7 heteroatoms. The molecule has 154 valence electrons. The van der Waals surface area contributed by atoms with E-state index in [0.717, 1.165) is 42.1 Å². The average Bonchev–Trinajstić information content (AvgIpc) is 3.20. The van der Waals surface area contributed by atoms with Crippen molar-refractivity contribution >= 4 is 23.1 Å². The third kappa shape index (κ3) is 4.80. The molecular weight excluding hydrogens is 381 g/mol. The molecule has 0 radical (unpaired) electrons. The van der Waals surface area contributed by atoms with Gasteiger partial charge in [-0.2, -0.15) is 0 Å². The predicted molar refractivity (Wildman–Crippen MR) is 115 cm³/mol. The molecule has 6 nitrogen and oxygen atoms in total. The van der Waals surface area contributed by atoms with E-state index in [0.29, 0.717) is 5.69 Å². The first-order valence-electron chi connectivity index (χ1n) is 10.0. The minimum atomic E-state index is -0.324. The number of benzene rings is 1. The maximum Gasteiger partial charge on any atom is 0.238 e. The molecule has 0 saturated carbocycles. The van der Waals surface area contributed by atoms with E-state index in [4.69, 9.17) is 0 Å². The van der Waals surface area contributed by atoms with Crippen LogP contribution >= 0.6 is 0 Å². The molecule has 1 saturated heterocycles. The molecule has 1 atom stereocenters. The van der Waals surface area contributed by atoms with Gasteiger partial charge in [-0.05, 0) is 74.3 Å². The summed E-state index contributed by atoms with van der Waals surface area (Å²) in [6.45, 7) is 3.12. The van der Waals surface area contributed by atoms with Gasteiger partial charge in [0.1, 0.15) is 11.6 Å². The number of aryl methyl sites for hydroxylation is 1. The van der Waals surface area contributed by atoms with E-state index in [1.54, 1.807) is 24.5 Å². The van der Waals surface area contributed by atoms with Crippen molar-refractivity contribution in [1.29, 1.82) is 0 Å². The fourth-order valence-electron chi connectivity index (χ4n) is 3.70. The van der Waals surface area contributed by atoms with Gasteiger partial charge < -0.3 is 10.6 Å². The van der Waals surface area contributed by atoms with Crippen LogP contribution in [-0.4, -0.2) is 33.9 Å². The van der Waals surface area contributed by atoms with Gasteiger partial charge in [-0.1, -0.05) is 6.07 Å². The smallest absolute Gasteiger partial charge is 0.238 e. The molecule has 0 bridgehead atoms. The zero-order valence-electron chi connectivity index (χ0n) is 16.8. The highest BCUT2D eigenvalue weighted by molar-refractivity contribution is 5.92. The van der Waals surface area contributed by atoms with Crippen LogP contribution in [0.25, 0.3) is 0 Å². The lowest BCUT2D eigenvalue weighted by atomic mass is 10.1. The molecule has 2 aromatic heterocycles. The van der Waals surface area contributed by atoms with Crippen molar-refractivity contribution in [3.05, 3.63) is 78.0 Å². The number of carbonyl (C=O) groups is 1. The first kappa shape index (κ1) is 20.0. The summed E-state index contributed by atoms with van der Waals surface area (Å²) < 4.78 is 13.0. The highest BCUT2D eigenvalue weighted by atomic mass is 19.1. The zero-order valence-corrected chi connectivity index (χ0v) is 16.8. The van der Waals surface area contributed by atoms with E-state index >= 15 is 0 Å². The lowest BCUT2D eigenvalue weighted by molar-refractivity contribution is -0.117. The van der Waals surface area contributed by atoms with Crippen LogP contribution in [0.15, 0.2) is 60.9 Å². The van der Waals surface area contributed by atoms with E-state index in [9.17, 15) is 9.18 Å². The summed E-state index contributed by atoms with van der Waals surface area (Å²) in [6, 6.07) is 13.8. The number of anilines is 3. The Bertz CT molecular complexity index is 1010. The van der Waals surface area contributed by atoms with Gasteiger partial charge in [0, 0.05) is 11.9 Å². The van der Waals surface area contributed by atoms with Crippen LogP contribution < -0.4 is 10.6 Å². The summed E-state index contributed by atoms with van der Waals surface area (Å²) >= 11 is 0. The van der Waals surface area contributed by atoms with Crippen LogP contribution in [0, 0.1) is 12.7 Å². The first-order chi connectivity index (χ1) is 14.6. The van der Waals surface area contributed by atoms with Crippen molar-refractivity contribution in [2.45, 2.75) is 25.8 Å². The molecule has 1 aliphatic heterocycles. The third-order valence-corrected chi connectivity index (χ3v) is 5.24. The van der Waals surface area contributed by atoms with Gasteiger partial charge in [-0.25, -0.2) is 9.37 Å². The normalized spacial score (nSPS) is 16.4. The Morgan fingerprint density at radius 1 is 1.13 bits per heavy atom. The molecule has 1 unspecified atom stereocenters. The number of amides is 1. The Balaban J connectivity index is 1.38. The molecule has 3 aromatic rings. The summed E-state index contributed by atoms with van der Waals surface area (Å²) in [5, 5.41) is 6.11. The number of nitrogens with one attached hydrogen (secondary N) is 2. The molecule has 2 N–H and O–H groups in total. The van der Waals surface area contributed by atoms with Gasteiger partial charge in [0.15, 0.2) is 0 Å². The van der Waals surface area contributed by atoms with Crippen LogP contribution in [0.4, 0.5) is 21.6 Å². The number of pyridine rings is 2. The lowest BCUT2D eigenvalue weighted by Crippen LogP contribution is -2.33. The summed E-state index contributed by atoms with van der Waals surface area (Å²) in [5.41, 5.74) is 3.48. The van der Waals surface area contributed by atoms with E-state index in [2.05, 4.69) is 25.5 Å². The fourth-order valence-corrected chi connectivity index (χ4v) is 3.70. The van der Waals surface area contributed by atoms with E-state index in [1.807, 2.05) is 31.2 Å². The van der Waals surface area contributed by atoms with Crippen LogP contribution in [0.3, 0.4) is 0 Å². The van der Waals surface area contributed by atoms with Crippen molar-refractivity contribution in [2.24, 2.45) is 0 Å². The third-order valence-electron chi connectivity index (χ3n) is 5.24. The molecular formula is C23H24FN5O. The Morgan fingerprint density at radius 2 is 1.93 bits per heavy atom. The number of likely N-dealkylation sites (tertiary alicyclic amines) is 1. The van der Waals surface area contributed by atoms with E-state index < -0.39 is 0 Å². The molecule has 1 aliphatic rings. The average molecular weight is 405 g/mol. The Labute approximate surface area is 175 Å². The standard InChI is InChI=1S/C23H24FN5O/c1-16-4-2-12-25-23(16)28-19-10-11-20(26-14-19)21-5-3-13-29(21)15-22(30)27-18-8-6-17(24)7-9-18/h2,4,6-12,14,21H,3,5,13,15H2,1H3,(H,25,28)(H,27,30). The molecule has 1 fully saturated rings. The van der Waals surface area contributed by atoms with Crippen molar-refractivity contribution < 1.29 is 9.18 Å². The second-order valence-electron chi connectivity index (χ2n) is 7.45. The van der Waals surface area contributed by atoms with Gasteiger partial charge in [0.2, 0.25) is 5.91 Å². The maximum absolute atomic E-state index is 13.0. The number of halogens is 1. The second kappa shape index (κ2) is 9.00. The molecule has 4 rings (SSSR count). The molecule has 0 spiro atoms. The quantitative estimate of drug-likeness (QED) is 0.634. The van der Waals surface area contributed by atoms with Crippen LogP contribution in [0.1, 0.15) is 30.1 Å². The second-order valence-corrected chi connectivity index (χ2v) is 7.45. The maximum atomic E-state index is 13.0. The van der Waals surface area contributed by atoms with Gasteiger partial charge in [-0.15, -0.1) is 0 Å². The summed E-state index contributed by atoms with van der Waals surface area (Å²) in [5.74, 6) is 0.374. The summed E-state index contributed by atoms with van der Waals surface area (Å²) in [4.78, 5) is 23.5. The van der Waals surface area contributed by atoms with E-state index in [1.165, 1.54) is 12.1 Å². The van der Waals surface area contributed by atoms with Gasteiger partial charge in [0.25, 0.3) is 0 Å². The number of hydrogen-bond donors (Lipinski definition) is 2. The minimum absolute atomic E-state index is 0.106. The van der Waals surface area contributed by atoms with Crippen LogP contribution in [-0.2, 0) is 4.79 Å². The van der Waals surface area contributed by atoms with Gasteiger partial charge >= 0.3 is 0 Å². The highest BCUT2D eigenvalue weighted by Gasteiger charge is 2.28. The molecule has 3 heterocycles. The molecule has 1 amide bonds. The largest absolute Gasteiger partial charge is 0.339 e. The SMILES string of the molecule is Cc1cccnc1Nc1ccc(C2CCCN2CC(=O)Nc2ccc(F)cc2)nc1. The first-order valence-corrected chi connectivity index (χ1v) is 10.0. The molecule has 30 heavy (non-hydrogen) atoms. The van der Waals surface area contributed by atoms with Gasteiger partial charge in [0.05, 0.1) is 30.2 Å². The molecule has 1 aromatic carbocycles. The predicted octanol–water partition coefficient (Wildman–Crippen LogP) is 4.44. The molecule has 0 aliphatic carbocycles. The van der Waals surface area contributed by atoms with Crippen LogP contribution in [0.2, 0.25) is 0 Å². The fraction of sp³-hybridized carbons (Fsp3) is 0.261. The van der Waals surface area contributed by atoms with Crippen molar-refractivity contribution in [3.8, 4) is 0 Å². The Morgan fingerprint density at radius 3 is 2.67 bits per heavy atom. The highest BCUT2D eigenvalue weighted by Crippen LogP contribution is 2.31. The van der Waals surface area contributed by atoms with Crippen molar-refractivity contribution in [2.75, 3.05) is 23.7 Å².